The van der Waals surface area contributed by atoms with E-state index in [9.17, 15) is 13.5 Å². The van der Waals surface area contributed by atoms with Gasteiger partial charge in [0.15, 0.2) is 9.84 Å². The lowest BCUT2D eigenvalue weighted by Crippen LogP contribution is -2.40. The zero-order chi connectivity index (χ0) is 13.9. The molecule has 2 aliphatic rings. The highest BCUT2D eigenvalue weighted by Gasteiger charge is 2.30. The molecular formula is C14H27NO3S. The van der Waals surface area contributed by atoms with Crippen LogP contribution < -0.4 is 0 Å². The van der Waals surface area contributed by atoms with Gasteiger partial charge in [0.05, 0.1) is 17.6 Å². The first-order chi connectivity index (χ1) is 9.00. The second-order valence-electron chi connectivity index (χ2n) is 6.22. The second kappa shape index (κ2) is 6.55. The molecule has 0 bridgehead atoms. The van der Waals surface area contributed by atoms with Crippen molar-refractivity contribution >= 4 is 9.84 Å². The van der Waals surface area contributed by atoms with Crippen molar-refractivity contribution in [3.05, 3.63) is 0 Å². The lowest BCUT2D eigenvalue weighted by molar-refractivity contribution is 0.0280. The van der Waals surface area contributed by atoms with E-state index in [-0.39, 0.29) is 11.9 Å². The minimum atomic E-state index is -2.83. The first kappa shape index (κ1) is 15.3. The van der Waals surface area contributed by atoms with Gasteiger partial charge in [-0.05, 0) is 44.1 Å². The molecule has 5 heteroatoms. The minimum Gasteiger partial charge on any atom is -0.393 e. The highest BCUT2D eigenvalue weighted by molar-refractivity contribution is 7.91. The van der Waals surface area contributed by atoms with Crippen molar-refractivity contribution in [2.45, 2.75) is 45.1 Å². The molecule has 4 nitrogen and oxygen atoms in total. The Hall–Kier alpha value is -0.130. The molecular weight excluding hydrogens is 262 g/mol. The van der Waals surface area contributed by atoms with Gasteiger partial charge in [0, 0.05) is 13.1 Å². The topological polar surface area (TPSA) is 57.6 Å². The summed E-state index contributed by atoms with van der Waals surface area (Å²) in [7, 11) is -2.83. The van der Waals surface area contributed by atoms with E-state index in [0.717, 1.165) is 44.7 Å². The Kier molecular flexibility index (Phi) is 5.26. The van der Waals surface area contributed by atoms with Crippen LogP contribution in [0.4, 0.5) is 0 Å². The van der Waals surface area contributed by atoms with Gasteiger partial charge in [0.25, 0.3) is 0 Å². The second-order valence-corrected chi connectivity index (χ2v) is 8.52. The van der Waals surface area contributed by atoms with E-state index in [1.54, 1.807) is 0 Å². The quantitative estimate of drug-likeness (QED) is 0.851. The van der Waals surface area contributed by atoms with Crippen molar-refractivity contribution in [1.29, 1.82) is 0 Å². The largest absolute Gasteiger partial charge is 0.393 e. The first-order valence-corrected chi connectivity index (χ1v) is 9.43. The van der Waals surface area contributed by atoms with Crippen LogP contribution in [0.5, 0.6) is 0 Å². The molecule has 0 amide bonds. The van der Waals surface area contributed by atoms with Gasteiger partial charge in [-0.25, -0.2) is 8.42 Å². The van der Waals surface area contributed by atoms with Crippen molar-refractivity contribution < 1.29 is 13.5 Å². The molecule has 3 unspecified atom stereocenters. The summed E-state index contributed by atoms with van der Waals surface area (Å²) >= 11 is 0. The van der Waals surface area contributed by atoms with Crippen LogP contribution in [-0.2, 0) is 9.84 Å². The van der Waals surface area contributed by atoms with Crippen LogP contribution in [0.2, 0.25) is 0 Å². The standard InChI is InChI=1S/C14H27NO3S/c1-2-12-4-5-14(16)13(10-12)11-15-6-3-8-19(17,18)9-7-15/h12-14,16H,2-11H2,1H3. The van der Waals surface area contributed by atoms with Gasteiger partial charge in [-0.2, -0.15) is 0 Å². The molecule has 0 aromatic heterocycles. The van der Waals surface area contributed by atoms with Crippen molar-refractivity contribution in [3.63, 3.8) is 0 Å². The maximum absolute atomic E-state index is 11.6. The molecule has 19 heavy (non-hydrogen) atoms. The van der Waals surface area contributed by atoms with Gasteiger partial charge in [-0.3, -0.25) is 0 Å². The van der Waals surface area contributed by atoms with Crippen molar-refractivity contribution in [1.82, 2.24) is 4.90 Å². The van der Waals surface area contributed by atoms with Gasteiger partial charge in [-0.1, -0.05) is 13.3 Å². The lowest BCUT2D eigenvalue weighted by atomic mass is 9.78. The van der Waals surface area contributed by atoms with Gasteiger partial charge >= 0.3 is 0 Å². The average molecular weight is 289 g/mol. The first-order valence-electron chi connectivity index (χ1n) is 7.61. The van der Waals surface area contributed by atoms with Crippen molar-refractivity contribution in [2.75, 3.05) is 31.1 Å². The predicted molar refractivity (Wildman–Crippen MR) is 76.8 cm³/mol. The van der Waals surface area contributed by atoms with Crippen LogP contribution in [0.25, 0.3) is 0 Å². The molecule has 0 aromatic carbocycles. The molecule has 1 aliphatic carbocycles. The molecule has 112 valence electrons. The van der Waals surface area contributed by atoms with E-state index in [1.807, 2.05) is 0 Å². The van der Waals surface area contributed by atoms with Crippen molar-refractivity contribution in [2.24, 2.45) is 11.8 Å². The van der Waals surface area contributed by atoms with Gasteiger partial charge in [-0.15, -0.1) is 0 Å². The Morgan fingerprint density at radius 2 is 2.00 bits per heavy atom. The van der Waals surface area contributed by atoms with Crippen LogP contribution in [0.15, 0.2) is 0 Å². The van der Waals surface area contributed by atoms with E-state index >= 15 is 0 Å². The number of aliphatic hydroxyl groups excluding tert-OH is 1. The summed E-state index contributed by atoms with van der Waals surface area (Å²) in [5.41, 5.74) is 0. The summed E-state index contributed by atoms with van der Waals surface area (Å²) < 4.78 is 23.2. The Bertz CT molecular complexity index is 382. The number of sulfone groups is 1. The fraction of sp³-hybridized carbons (Fsp3) is 1.00. The fourth-order valence-corrected chi connectivity index (χ4v) is 4.73. The van der Waals surface area contributed by atoms with Gasteiger partial charge in [0.2, 0.25) is 0 Å². The predicted octanol–water partition coefficient (Wildman–Crippen LogP) is 1.29. The molecule has 0 spiro atoms. The number of hydrogen-bond donors (Lipinski definition) is 1. The highest BCUT2D eigenvalue weighted by atomic mass is 32.2. The number of nitrogens with zero attached hydrogens (tertiary/aromatic N) is 1. The van der Waals surface area contributed by atoms with E-state index < -0.39 is 9.84 Å². The molecule has 1 aliphatic heterocycles. The number of rotatable bonds is 3. The van der Waals surface area contributed by atoms with Gasteiger partial charge < -0.3 is 10.0 Å². The third kappa shape index (κ3) is 4.43. The maximum Gasteiger partial charge on any atom is 0.151 e. The number of aliphatic hydroxyl groups is 1. The smallest absolute Gasteiger partial charge is 0.151 e. The van der Waals surface area contributed by atoms with Crippen molar-refractivity contribution in [3.8, 4) is 0 Å². The van der Waals surface area contributed by atoms with E-state index in [4.69, 9.17) is 0 Å². The summed E-state index contributed by atoms with van der Waals surface area (Å²) in [5, 5.41) is 10.1. The molecule has 1 saturated heterocycles. The summed E-state index contributed by atoms with van der Waals surface area (Å²) in [6.07, 6.45) is 4.89. The Balaban J connectivity index is 1.88. The molecule has 0 aromatic rings. The summed E-state index contributed by atoms with van der Waals surface area (Å²) in [5.74, 6) is 1.69. The Labute approximate surface area is 117 Å². The zero-order valence-electron chi connectivity index (χ0n) is 11.9. The molecule has 1 N–H and O–H groups in total. The Morgan fingerprint density at radius 3 is 2.74 bits per heavy atom. The van der Waals surface area contributed by atoms with Crippen LogP contribution in [0.1, 0.15) is 39.0 Å². The molecule has 2 fully saturated rings. The van der Waals surface area contributed by atoms with Gasteiger partial charge in [0.1, 0.15) is 0 Å². The molecule has 3 atom stereocenters. The SMILES string of the molecule is CCC1CCC(O)C(CN2CCCS(=O)(=O)CC2)C1. The van der Waals surface area contributed by atoms with Crippen LogP contribution in [0, 0.1) is 11.8 Å². The fourth-order valence-electron chi connectivity index (χ4n) is 3.42. The van der Waals surface area contributed by atoms with Crippen LogP contribution in [0.3, 0.4) is 0 Å². The number of hydrogen-bond acceptors (Lipinski definition) is 4. The third-order valence-electron chi connectivity index (χ3n) is 4.77. The zero-order valence-corrected chi connectivity index (χ0v) is 12.7. The van der Waals surface area contributed by atoms with Crippen LogP contribution >= 0.6 is 0 Å². The lowest BCUT2D eigenvalue weighted by Gasteiger charge is -2.36. The maximum atomic E-state index is 11.6. The van der Waals surface area contributed by atoms with E-state index in [1.165, 1.54) is 6.42 Å². The molecule has 2 rings (SSSR count). The minimum absolute atomic E-state index is 0.192. The van der Waals surface area contributed by atoms with E-state index in [2.05, 4.69) is 11.8 Å². The molecule has 1 heterocycles. The summed E-state index contributed by atoms with van der Waals surface area (Å²) in [6.45, 7) is 4.59. The highest BCUT2D eigenvalue weighted by Crippen LogP contribution is 2.32. The third-order valence-corrected chi connectivity index (χ3v) is 6.48. The monoisotopic (exact) mass is 289 g/mol. The molecule has 1 saturated carbocycles. The van der Waals surface area contributed by atoms with E-state index in [0.29, 0.717) is 18.2 Å². The normalized spacial score (nSPS) is 36.8. The summed E-state index contributed by atoms with van der Waals surface area (Å²) in [6, 6.07) is 0. The average Bonchev–Trinajstić information content (AvgIpc) is 2.54. The Morgan fingerprint density at radius 1 is 1.21 bits per heavy atom. The van der Waals surface area contributed by atoms with Crippen LogP contribution in [-0.4, -0.2) is 55.7 Å². The molecule has 0 radical (unpaired) electrons. The summed E-state index contributed by atoms with van der Waals surface area (Å²) in [4.78, 5) is 2.25.